The molecule has 1 fully saturated rings. The van der Waals surface area contributed by atoms with Crippen LogP contribution in [-0.4, -0.2) is 23.4 Å². The maximum Gasteiger partial charge on any atom is 0.300 e. The third-order valence-electron chi connectivity index (χ3n) is 5.94. The van der Waals surface area contributed by atoms with Gasteiger partial charge in [-0.2, -0.15) is 0 Å². The first kappa shape index (κ1) is 24.1. The molecule has 0 aliphatic carbocycles. The summed E-state index contributed by atoms with van der Waals surface area (Å²) in [7, 11) is 0. The summed E-state index contributed by atoms with van der Waals surface area (Å²) in [5.41, 5.74) is 0.901. The normalized spacial score (nSPS) is 17.3. The minimum Gasteiger partial charge on any atom is -0.507 e. The van der Waals surface area contributed by atoms with Crippen molar-refractivity contribution in [2.75, 3.05) is 11.5 Å². The van der Waals surface area contributed by atoms with Gasteiger partial charge >= 0.3 is 0 Å². The fraction of sp³-hybridized carbons (Fsp3) is 0.214. The van der Waals surface area contributed by atoms with Gasteiger partial charge < -0.3 is 9.84 Å². The van der Waals surface area contributed by atoms with Crippen molar-refractivity contribution in [1.29, 1.82) is 0 Å². The van der Waals surface area contributed by atoms with Crippen LogP contribution in [-0.2, 0) is 9.59 Å². The lowest BCUT2D eigenvalue weighted by Crippen LogP contribution is -2.30. The number of benzene rings is 3. The van der Waals surface area contributed by atoms with Gasteiger partial charge in [-0.25, -0.2) is 8.78 Å². The molecule has 0 aromatic heterocycles. The van der Waals surface area contributed by atoms with Gasteiger partial charge in [-0.1, -0.05) is 38.1 Å². The summed E-state index contributed by atoms with van der Waals surface area (Å²) in [4.78, 5) is 27.4. The Morgan fingerprint density at radius 1 is 1.03 bits per heavy atom. The molecule has 35 heavy (non-hydrogen) atoms. The molecular weight excluding hydrogens is 452 g/mol. The van der Waals surface area contributed by atoms with Crippen LogP contribution >= 0.6 is 0 Å². The fourth-order valence-electron chi connectivity index (χ4n) is 4.31. The Morgan fingerprint density at radius 2 is 1.77 bits per heavy atom. The molecule has 4 rings (SSSR count). The number of aliphatic hydroxyl groups excluding tert-OH is 1. The number of hydrogen-bond acceptors (Lipinski definition) is 4. The zero-order valence-corrected chi connectivity index (χ0v) is 19.6. The summed E-state index contributed by atoms with van der Waals surface area (Å²) in [6.45, 7) is 6.24. The maximum atomic E-state index is 15.0. The largest absolute Gasteiger partial charge is 0.507 e. The van der Waals surface area contributed by atoms with E-state index >= 15 is 0 Å². The van der Waals surface area contributed by atoms with Gasteiger partial charge in [-0.05, 0) is 60.9 Å². The van der Waals surface area contributed by atoms with Crippen LogP contribution in [0.4, 0.5) is 14.5 Å². The van der Waals surface area contributed by atoms with Gasteiger partial charge in [0.1, 0.15) is 23.1 Å². The Bertz CT molecular complexity index is 1330. The van der Waals surface area contributed by atoms with Crippen molar-refractivity contribution in [3.63, 3.8) is 0 Å². The van der Waals surface area contributed by atoms with Crippen LogP contribution in [0.25, 0.3) is 5.76 Å². The topological polar surface area (TPSA) is 66.8 Å². The molecule has 1 N–H and O–H groups in total. The molecule has 5 nitrogen and oxygen atoms in total. The van der Waals surface area contributed by atoms with Crippen LogP contribution in [0.1, 0.15) is 49.4 Å². The molecule has 1 saturated heterocycles. The van der Waals surface area contributed by atoms with Gasteiger partial charge in [0.15, 0.2) is 0 Å². The van der Waals surface area contributed by atoms with Gasteiger partial charge in [-0.3, -0.25) is 14.5 Å². The van der Waals surface area contributed by atoms with Crippen molar-refractivity contribution >= 4 is 23.1 Å². The van der Waals surface area contributed by atoms with E-state index in [2.05, 4.69) is 0 Å². The summed E-state index contributed by atoms with van der Waals surface area (Å²) in [6, 6.07) is 14.5. The van der Waals surface area contributed by atoms with Crippen molar-refractivity contribution in [2.24, 2.45) is 0 Å². The first-order chi connectivity index (χ1) is 16.7. The molecule has 3 aromatic carbocycles. The van der Waals surface area contributed by atoms with E-state index in [4.69, 9.17) is 4.74 Å². The average Bonchev–Trinajstić information content (AvgIpc) is 3.09. The Morgan fingerprint density at radius 3 is 2.43 bits per heavy atom. The SMILES string of the molecule is CCOc1ccc(/C(O)=C2\C(=O)C(=O)N(c3cccc(F)c3)C2c2ccccc2F)cc1C(C)C. The van der Waals surface area contributed by atoms with E-state index in [1.165, 1.54) is 36.4 Å². The molecule has 0 spiro atoms. The van der Waals surface area contributed by atoms with E-state index in [0.29, 0.717) is 12.4 Å². The van der Waals surface area contributed by atoms with E-state index in [9.17, 15) is 23.5 Å². The fourth-order valence-corrected chi connectivity index (χ4v) is 4.31. The molecular formula is C28H25F2NO4. The third kappa shape index (κ3) is 4.41. The minimum atomic E-state index is -1.29. The minimum absolute atomic E-state index is 0.00697. The standard InChI is InChI=1S/C28H25F2NO4/c1-4-35-23-13-12-17(14-21(23)16(2)3)26(32)24-25(20-10-5-6-11-22(20)30)31(28(34)27(24)33)19-9-7-8-18(29)15-19/h5-16,25,32H,4H2,1-3H3/b26-24+. The third-order valence-corrected chi connectivity index (χ3v) is 5.94. The van der Waals surface area contributed by atoms with Crippen LogP contribution in [0.3, 0.4) is 0 Å². The predicted octanol–water partition coefficient (Wildman–Crippen LogP) is 6.11. The quantitative estimate of drug-likeness (QED) is 0.264. The first-order valence-corrected chi connectivity index (χ1v) is 11.3. The Hall–Kier alpha value is -4.00. The van der Waals surface area contributed by atoms with Crippen molar-refractivity contribution in [1.82, 2.24) is 0 Å². The molecule has 1 atom stereocenters. The molecule has 0 radical (unpaired) electrons. The number of carbonyl (C=O) groups is 2. The lowest BCUT2D eigenvalue weighted by atomic mass is 9.93. The molecule has 1 amide bonds. The second-order valence-electron chi connectivity index (χ2n) is 8.51. The van der Waals surface area contributed by atoms with Gasteiger partial charge in [-0.15, -0.1) is 0 Å². The molecule has 3 aromatic rings. The van der Waals surface area contributed by atoms with E-state index in [0.717, 1.165) is 16.5 Å². The van der Waals surface area contributed by atoms with Gasteiger partial charge in [0.05, 0.1) is 18.2 Å². The average molecular weight is 478 g/mol. The highest BCUT2D eigenvalue weighted by atomic mass is 19.1. The Balaban J connectivity index is 1.96. The number of Topliss-reactive ketones (excluding diaryl/α,β-unsaturated/α-hetero) is 1. The number of carbonyl (C=O) groups excluding carboxylic acids is 2. The van der Waals surface area contributed by atoms with E-state index in [1.807, 2.05) is 20.8 Å². The zero-order valence-electron chi connectivity index (χ0n) is 19.6. The second-order valence-corrected chi connectivity index (χ2v) is 8.51. The molecule has 1 aliphatic rings. The van der Waals surface area contributed by atoms with Crippen molar-refractivity contribution in [2.45, 2.75) is 32.7 Å². The van der Waals surface area contributed by atoms with Crippen molar-refractivity contribution in [3.05, 3.63) is 101 Å². The molecule has 0 saturated carbocycles. The lowest BCUT2D eigenvalue weighted by molar-refractivity contribution is -0.132. The summed E-state index contributed by atoms with van der Waals surface area (Å²) >= 11 is 0. The predicted molar refractivity (Wildman–Crippen MR) is 129 cm³/mol. The summed E-state index contributed by atoms with van der Waals surface area (Å²) in [5, 5.41) is 11.3. The molecule has 1 heterocycles. The first-order valence-electron chi connectivity index (χ1n) is 11.3. The highest BCUT2D eigenvalue weighted by molar-refractivity contribution is 6.51. The number of nitrogens with zero attached hydrogens (tertiary/aromatic N) is 1. The van der Waals surface area contributed by atoms with Crippen molar-refractivity contribution < 1.29 is 28.2 Å². The number of hydrogen-bond donors (Lipinski definition) is 1. The highest BCUT2D eigenvalue weighted by Gasteiger charge is 2.48. The van der Waals surface area contributed by atoms with Crippen LogP contribution in [0, 0.1) is 11.6 Å². The van der Waals surface area contributed by atoms with E-state index in [-0.39, 0.29) is 28.3 Å². The van der Waals surface area contributed by atoms with Gasteiger partial charge in [0.2, 0.25) is 0 Å². The summed E-state index contributed by atoms with van der Waals surface area (Å²) in [6.07, 6.45) is 0. The molecule has 1 aliphatic heterocycles. The maximum absolute atomic E-state index is 15.0. The number of anilines is 1. The number of aliphatic hydroxyl groups is 1. The molecule has 1 unspecified atom stereocenters. The van der Waals surface area contributed by atoms with E-state index in [1.54, 1.807) is 24.3 Å². The van der Waals surface area contributed by atoms with Crippen LogP contribution in [0.2, 0.25) is 0 Å². The smallest absolute Gasteiger partial charge is 0.300 e. The molecule has 7 heteroatoms. The van der Waals surface area contributed by atoms with Crippen LogP contribution < -0.4 is 9.64 Å². The zero-order chi connectivity index (χ0) is 25.3. The Labute approximate surface area is 202 Å². The van der Waals surface area contributed by atoms with Gasteiger partial charge in [0.25, 0.3) is 11.7 Å². The number of ketones is 1. The van der Waals surface area contributed by atoms with Crippen molar-refractivity contribution in [3.8, 4) is 5.75 Å². The molecule has 180 valence electrons. The van der Waals surface area contributed by atoms with E-state index < -0.39 is 35.1 Å². The highest BCUT2D eigenvalue weighted by Crippen LogP contribution is 2.43. The van der Waals surface area contributed by atoms with Crippen LogP contribution in [0.15, 0.2) is 72.3 Å². The second kappa shape index (κ2) is 9.70. The number of amides is 1. The Kier molecular flexibility index (Phi) is 6.69. The summed E-state index contributed by atoms with van der Waals surface area (Å²) in [5.74, 6) is -3.02. The monoisotopic (exact) mass is 477 g/mol. The number of halogens is 2. The number of ether oxygens (including phenoxy) is 1. The molecule has 0 bridgehead atoms. The number of rotatable bonds is 6. The summed E-state index contributed by atoms with van der Waals surface area (Å²) < 4.78 is 34.7. The van der Waals surface area contributed by atoms with Gasteiger partial charge in [0, 0.05) is 16.8 Å². The lowest BCUT2D eigenvalue weighted by Gasteiger charge is -2.26. The van der Waals surface area contributed by atoms with Crippen LogP contribution in [0.5, 0.6) is 5.75 Å².